The molecule has 9 heteroatoms. The standard InChI is InChI=1S/C27H29ClN2O6/c1-32-20-7-3-17(4-8-20)15-34-24-12-11-23(27(31)30-19-13-22(14-19)36-29)25(28)26(24)35-16-18-5-9-21(33-2)10-6-18/h3-12,19,22H,13-16,29H2,1-2H3,(H,30,31). The molecule has 0 bridgehead atoms. The van der Waals surface area contributed by atoms with E-state index in [2.05, 4.69) is 5.32 Å². The van der Waals surface area contributed by atoms with Gasteiger partial charge in [-0.15, -0.1) is 0 Å². The van der Waals surface area contributed by atoms with Crippen molar-refractivity contribution < 1.29 is 28.6 Å². The lowest BCUT2D eigenvalue weighted by molar-refractivity contribution is -0.0165. The third kappa shape index (κ3) is 6.20. The van der Waals surface area contributed by atoms with Crippen LogP contribution in [-0.4, -0.2) is 32.3 Å². The highest BCUT2D eigenvalue weighted by molar-refractivity contribution is 6.35. The van der Waals surface area contributed by atoms with Gasteiger partial charge in [0, 0.05) is 6.04 Å². The molecular weight excluding hydrogens is 484 g/mol. The van der Waals surface area contributed by atoms with Crippen molar-refractivity contribution in [3.8, 4) is 23.0 Å². The number of carbonyl (C=O) groups excluding carboxylic acids is 1. The minimum Gasteiger partial charge on any atom is -0.497 e. The lowest BCUT2D eigenvalue weighted by Gasteiger charge is -2.33. The first kappa shape index (κ1) is 25.6. The van der Waals surface area contributed by atoms with Gasteiger partial charge in [0.05, 0.1) is 30.9 Å². The van der Waals surface area contributed by atoms with Crippen molar-refractivity contribution in [2.45, 2.75) is 38.2 Å². The van der Waals surface area contributed by atoms with Crippen molar-refractivity contribution in [2.24, 2.45) is 5.90 Å². The number of carbonyl (C=O) groups is 1. The summed E-state index contributed by atoms with van der Waals surface area (Å²) in [4.78, 5) is 17.7. The van der Waals surface area contributed by atoms with E-state index in [-0.39, 0.29) is 36.3 Å². The van der Waals surface area contributed by atoms with E-state index in [1.807, 2.05) is 48.5 Å². The lowest BCUT2D eigenvalue weighted by atomic mass is 9.89. The number of amides is 1. The molecule has 8 nitrogen and oxygen atoms in total. The Morgan fingerprint density at radius 3 is 1.97 bits per heavy atom. The molecule has 190 valence electrons. The molecule has 0 unspecified atom stereocenters. The highest BCUT2D eigenvalue weighted by atomic mass is 35.5. The van der Waals surface area contributed by atoms with Gasteiger partial charge in [-0.3, -0.25) is 4.79 Å². The molecule has 0 aromatic heterocycles. The molecule has 3 aromatic carbocycles. The smallest absolute Gasteiger partial charge is 0.253 e. The van der Waals surface area contributed by atoms with Crippen LogP contribution in [0.15, 0.2) is 60.7 Å². The number of benzene rings is 3. The van der Waals surface area contributed by atoms with Crippen LogP contribution in [0.4, 0.5) is 0 Å². The van der Waals surface area contributed by atoms with Gasteiger partial charge in [0.25, 0.3) is 5.91 Å². The Hall–Kier alpha value is -3.46. The number of hydrogen-bond donors (Lipinski definition) is 2. The summed E-state index contributed by atoms with van der Waals surface area (Å²) in [6, 6.07) is 18.4. The first-order valence-electron chi connectivity index (χ1n) is 11.5. The second-order valence-electron chi connectivity index (χ2n) is 8.43. The molecule has 1 aliphatic rings. The number of nitrogens with two attached hydrogens (primary N) is 1. The fraction of sp³-hybridized carbons (Fsp3) is 0.296. The summed E-state index contributed by atoms with van der Waals surface area (Å²) in [7, 11) is 3.23. The third-order valence-electron chi connectivity index (χ3n) is 6.02. The van der Waals surface area contributed by atoms with Gasteiger partial charge in [-0.25, -0.2) is 5.90 Å². The highest BCUT2D eigenvalue weighted by Gasteiger charge is 2.32. The van der Waals surface area contributed by atoms with Crippen molar-refractivity contribution in [1.29, 1.82) is 0 Å². The number of ether oxygens (including phenoxy) is 4. The molecule has 3 aromatic rings. The van der Waals surface area contributed by atoms with Gasteiger partial charge in [-0.05, 0) is 60.4 Å². The summed E-state index contributed by atoms with van der Waals surface area (Å²) in [5.74, 6) is 7.14. The van der Waals surface area contributed by atoms with Crippen molar-refractivity contribution in [3.05, 3.63) is 82.4 Å². The quantitative estimate of drug-likeness (QED) is 0.360. The van der Waals surface area contributed by atoms with Crippen LogP contribution in [0, 0.1) is 0 Å². The summed E-state index contributed by atoms with van der Waals surface area (Å²) in [5, 5.41) is 3.14. The summed E-state index contributed by atoms with van der Waals surface area (Å²) >= 11 is 6.70. The fourth-order valence-corrected chi connectivity index (χ4v) is 4.08. The van der Waals surface area contributed by atoms with Crippen LogP contribution in [0.3, 0.4) is 0 Å². The molecule has 0 heterocycles. The minimum atomic E-state index is -0.295. The zero-order valence-corrected chi connectivity index (χ0v) is 20.9. The predicted octanol–water partition coefficient (Wildman–Crippen LogP) is 4.67. The van der Waals surface area contributed by atoms with Crippen LogP contribution in [0.5, 0.6) is 23.0 Å². The van der Waals surface area contributed by atoms with E-state index in [0.29, 0.717) is 29.9 Å². The topological polar surface area (TPSA) is 101 Å². The van der Waals surface area contributed by atoms with Crippen molar-refractivity contribution in [1.82, 2.24) is 5.32 Å². The second kappa shape index (κ2) is 12.0. The Bertz CT molecular complexity index is 1160. The minimum absolute atomic E-state index is 0.0169. The van der Waals surface area contributed by atoms with Crippen molar-refractivity contribution >= 4 is 17.5 Å². The monoisotopic (exact) mass is 512 g/mol. The molecule has 0 radical (unpaired) electrons. The Kier molecular flexibility index (Phi) is 8.53. The first-order chi connectivity index (χ1) is 17.5. The molecule has 0 spiro atoms. The van der Waals surface area contributed by atoms with E-state index in [4.69, 9.17) is 41.3 Å². The molecule has 1 saturated carbocycles. The van der Waals surface area contributed by atoms with Crippen LogP contribution in [0.1, 0.15) is 34.3 Å². The number of nitrogens with one attached hydrogen (secondary N) is 1. The average Bonchev–Trinajstić information content (AvgIpc) is 2.89. The number of hydrogen-bond acceptors (Lipinski definition) is 7. The van der Waals surface area contributed by atoms with Gasteiger partial charge in [-0.1, -0.05) is 35.9 Å². The maximum atomic E-state index is 12.9. The van der Waals surface area contributed by atoms with Gasteiger partial charge in [-0.2, -0.15) is 0 Å². The second-order valence-corrected chi connectivity index (χ2v) is 8.81. The third-order valence-corrected chi connectivity index (χ3v) is 6.40. The van der Waals surface area contributed by atoms with Gasteiger partial charge >= 0.3 is 0 Å². The van der Waals surface area contributed by atoms with Crippen LogP contribution >= 0.6 is 11.6 Å². The Balaban J connectivity index is 1.52. The Labute approximate surface area is 215 Å². The Morgan fingerprint density at radius 1 is 0.889 bits per heavy atom. The molecule has 3 N–H and O–H groups in total. The van der Waals surface area contributed by atoms with Crippen molar-refractivity contribution in [2.75, 3.05) is 14.2 Å². The van der Waals surface area contributed by atoms with E-state index in [0.717, 1.165) is 22.6 Å². The highest BCUT2D eigenvalue weighted by Crippen LogP contribution is 2.39. The van der Waals surface area contributed by atoms with E-state index < -0.39 is 0 Å². The van der Waals surface area contributed by atoms with Gasteiger partial charge in [0.1, 0.15) is 24.7 Å². The van der Waals surface area contributed by atoms with E-state index in [9.17, 15) is 4.79 Å². The van der Waals surface area contributed by atoms with E-state index >= 15 is 0 Å². The Morgan fingerprint density at radius 2 is 1.44 bits per heavy atom. The number of methoxy groups -OCH3 is 2. The van der Waals surface area contributed by atoms with Gasteiger partial charge in [0.15, 0.2) is 11.5 Å². The maximum Gasteiger partial charge on any atom is 0.253 e. The molecule has 36 heavy (non-hydrogen) atoms. The summed E-state index contributed by atoms with van der Waals surface area (Å²) in [6.07, 6.45) is 1.27. The fourth-order valence-electron chi connectivity index (χ4n) is 3.78. The molecule has 4 rings (SSSR count). The molecule has 0 atom stereocenters. The lowest BCUT2D eigenvalue weighted by Crippen LogP contribution is -2.48. The summed E-state index contributed by atoms with van der Waals surface area (Å²) in [6.45, 7) is 0.513. The number of rotatable bonds is 11. The van der Waals surface area contributed by atoms with Gasteiger partial charge < -0.3 is 29.1 Å². The largest absolute Gasteiger partial charge is 0.497 e. The molecule has 1 fully saturated rings. The zero-order valence-electron chi connectivity index (χ0n) is 20.2. The van der Waals surface area contributed by atoms with Crippen LogP contribution in [0.25, 0.3) is 0 Å². The molecule has 0 aliphatic heterocycles. The SMILES string of the molecule is COc1ccc(COc2ccc(C(=O)NC3CC(ON)C3)c(Cl)c2OCc2ccc(OC)cc2)cc1. The van der Waals surface area contributed by atoms with E-state index in [1.165, 1.54) is 0 Å². The number of halogens is 1. The zero-order chi connectivity index (χ0) is 25.5. The normalized spacial score (nSPS) is 16.6. The van der Waals surface area contributed by atoms with Crippen LogP contribution in [-0.2, 0) is 18.1 Å². The van der Waals surface area contributed by atoms with Crippen LogP contribution < -0.4 is 30.2 Å². The maximum absolute atomic E-state index is 12.9. The predicted molar refractivity (Wildman–Crippen MR) is 136 cm³/mol. The molecule has 1 aliphatic carbocycles. The average molecular weight is 513 g/mol. The molecular formula is C27H29ClN2O6. The molecule has 0 saturated heterocycles. The summed E-state index contributed by atoms with van der Waals surface area (Å²) < 4.78 is 22.6. The first-order valence-corrected chi connectivity index (χ1v) is 11.9. The van der Waals surface area contributed by atoms with E-state index in [1.54, 1.807) is 26.4 Å². The molecule has 1 amide bonds. The van der Waals surface area contributed by atoms with Crippen LogP contribution in [0.2, 0.25) is 5.02 Å². The summed E-state index contributed by atoms with van der Waals surface area (Å²) in [5.41, 5.74) is 2.15. The van der Waals surface area contributed by atoms with Crippen molar-refractivity contribution in [3.63, 3.8) is 0 Å². The van der Waals surface area contributed by atoms with Gasteiger partial charge in [0.2, 0.25) is 0 Å².